The summed E-state index contributed by atoms with van der Waals surface area (Å²) < 4.78 is 5.99. The standard InChI is InChI=1S/C21H29NO3.ClH/c1-22-17-11-13-18(22)19(14-12-17)25-20(23)21(24,16-9-5-6-10-16)15-7-3-2-4-8-15;/h2-4,7-8,16-19,24H,5-6,9-14H2,1H3;1H/t17-,18-,19+,21?;/m1./s1. The molecule has 4 rings (SSSR count). The molecular formula is C21H30ClNO3. The van der Waals surface area contributed by atoms with Gasteiger partial charge in [0, 0.05) is 18.0 Å². The maximum absolute atomic E-state index is 13.2. The second-order valence-corrected chi connectivity index (χ2v) is 8.10. The van der Waals surface area contributed by atoms with Crippen LogP contribution < -0.4 is 0 Å². The number of aliphatic hydroxyl groups is 1. The van der Waals surface area contributed by atoms with Crippen molar-refractivity contribution in [3.05, 3.63) is 35.9 Å². The first-order chi connectivity index (χ1) is 12.1. The van der Waals surface area contributed by atoms with Gasteiger partial charge in [-0.2, -0.15) is 0 Å². The van der Waals surface area contributed by atoms with Gasteiger partial charge in [0.15, 0.2) is 5.60 Å². The van der Waals surface area contributed by atoms with E-state index in [-0.39, 0.29) is 24.4 Å². The normalized spacial score (nSPS) is 31.2. The monoisotopic (exact) mass is 379 g/mol. The van der Waals surface area contributed by atoms with Crippen molar-refractivity contribution in [2.75, 3.05) is 7.05 Å². The summed E-state index contributed by atoms with van der Waals surface area (Å²) in [6.07, 6.45) is 8.11. The van der Waals surface area contributed by atoms with Gasteiger partial charge in [-0.1, -0.05) is 43.2 Å². The number of halogens is 1. The van der Waals surface area contributed by atoms with E-state index in [9.17, 15) is 9.90 Å². The minimum Gasteiger partial charge on any atom is -0.458 e. The number of nitrogens with zero attached hydrogens (tertiary/aromatic N) is 1. The molecule has 0 radical (unpaired) electrons. The molecule has 3 aliphatic rings. The van der Waals surface area contributed by atoms with Crippen LogP contribution in [-0.2, 0) is 15.1 Å². The second-order valence-electron chi connectivity index (χ2n) is 8.10. The molecule has 1 aliphatic carbocycles. The molecule has 2 aliphatic heterocycles. The average Bonchev–Trinajstić information content (AvgIpc) is 3.24. The van der Waals surface area contributed by atoms with Crippen LogP contribution in [0.4, 0.5) is 0 Å². The highest BCUT2D eigenvalue weighted by molar-refractivity contribution is 5.85. The van der Waals surface area contributed by atoms with Crippen LogP contribution in [-0.4, -0.2) is 41.2 Å². The Labute approximate surface area is 162 Å². The van der Waals surface area contributed by atoms with Gasteiger partial charge in [0.25, 0.3) is 0 Å². The Morgan fingerprint density at radius 3 is 2.42 bits per heavy atom. The van der Waals surface area contributed by atoms with Crippen molar-refractivity contribution in [1.29, 1.82) is 0 Å². The minimum absolute atomic E-state index is 0. The third-order valence-electron chi connectivity index (χ3n) is 6.84. The van der Waals surface area contributed by atoms with Gasteiger partial charge in [0.05, 0.1) is 0 Å². The number of hydrogen-bond acceptors (Lipinski definition) is 4. The fourth-order valence-electron chi connectivity index (χ4n) is 5.31. The molecule has 1 unspecified atom stereocenters. The summed E-state index contributed by atoms with van der Waals surface area (Å²) in [5.74, 6) is -0.477. The van der Waals surface area contributed by atoms with E-state index in [4.69, 9.17) is 4.74 Å². The van der Waals surface area contributed by atoms with Crippen molar-refractivity contribution in [1.82, 2.24) is 4.90 Å². The van der Waals surface area contributed by atoms with Gasteiger partial charge >= 0.3 is 5.97 Å². The average molecular weight is 380 g/mol. The van der Waals surface area contributed by atoms with Crippen LogP contribution in [0.15, 0.2) is 30.3 Å². The van der Waals surface area contributed by atoms with Gasteiger partial charge in [-0.3, -0.25) is 4.90 Å². The van der Waals surface area contributed by atoms with E-state index in [1.807, 2.05) is 30.3 Å². The largest absolute Gasteiger partial charge is 0.458 e. The highest BCUT2D eigenvalue weighted by atomic mass is 35.5. The van der Waals surface area contributed by atoms with E-state index in [0.717, 1.165) is 44.9 Å². The van der Waals surface area contributed by atoms with Gasteiger partial charge in [-0.25, -0.2) is 4.79 Å². The molecule has 1 aromatic carbocycles. The van der Waals surface area contributed by atoms with Crippen molar-refractivity contribution >= 4 is 18.4 Å². The van der Waals surface area contributed by atoms with Gasteiger partial charge in [0.1, 0.15) is 6.10 Å². The molecule has 144 valence electrons. The van der Waals surface area contributed by atoms with Gasteiger partial charge in [-0.15, -0.1) is 12.4 Å². The number of likely N-dealkylation sites (N-methyl/N-ethyl adjacent to an activating group) is 1. The van der Waals surface area contributed by atoms with E-state index >= 15 is 0 Å². The summed E-state index contributed by atoms with van der Waals surface area (Å²) in [7, 11) is 2.14. The number of ether oxygens (including phenoxy) is 1. The lowest BCUT2D eigenvalue weighted by Crippen LogP contribution is -2.51. The fraction of sp³-hybridized carbons (Fsp3) is 0.667. The Bertz CT molecular complexity index is 619. The van der Waals surface area contributed by atoms with Crippen molar-refractivity contribution in [3.8, 4) is 0 Å². The van der Waals surface area contributed by atoms with Crippen LogP contribution in [0.25, 0.3) is 0 Å². The number of esters is 1. The fourth-order valence-corrected chi connectivity index (χ4v) is 5.31. The third kappa shape index (κ3) is 3.28. The summed E-state index contributed by atoms with van der Waals surface area (Å²) in [5.41, 5.74) is -0.827. The molecule has 4 atom stereocenters. The third-order valence-corrected chi connectivity index (χ3v) is 6.84. The zero-order valence-electron chi connectivity index (χ0n) is 15.5. The Hall–Kier alpha value is -1.10. The maximum atomic E-state index is 13.2. The zero-order chi connectivity index (χ0) is 17.4. The van der Waals surface area contributed by atoms with Crippen LogP contribution in [0.5, 0.6) is 0 Å². The first kappa shape index (κ1) is 19.7. The van der Waals surface area contributed by atoms with Crippen molar-refractivity contribution in [2.24, 2.45) is 5.92 Å². The Morgan fingerprint density at radius 1 is 1.08 bits per heavy atom. The number of carbonyl (C=O) groups excluding carboxylic acids is 1. The van der Waals surface area contributed by atoms with E-state index < -0.39 is 11.6 Å². The highest BCUT2D eigenvalue weighted by Crippen LogP contribution is 2.43. The van der Waals surface area contributed by atoms with Crippen LogP contribution >= 0.6 is 12.4 Å². The van der Waals surface area contributed by atoms with Crippen molar-refractivity contribution in [2.45, 2.75) is 75.2 Å². The number of piperidine rings is 1. The summed E-state index contributed by atoms with van der Waals surface area (Å²) in [6, 6.07) is 10.4. The highest BCUT2D eigenvalue weighted by Gasteiger charge is 2.50. The summed E-state index contributed by atoms with van der Waals surface area (Å²) in [6.45, 7) is 0. The topological polar surface area (TPSA) is 49.8 Å². The molecule has 26 heavy (non-hydrogen) atoms. The summed E-state index contributed by atoms with van der Waals surface area (Å²) >= 11 is 0. The van der Waals surface area contributed by atoms with Crippen LogP contribution in [0.3, 0.4) is 0 Å². The van der Waals surface area contributed by atoms with E-state index in [0.29, 0.717) is 17.6 Å². The molecule has 1 saturated carbocycles. The molecular weight excluding hydrogens is 350 g/mol. The number of fused-ring (bicyclic) bond motifs is 2. The van der Waals surface area contributed by atoms with Crippen molar-refractivity contribution < 1.29 is 14.6 Å². The molecule has 0 spiro atoms. The lowest BCUT2D eigenvalue weighted by atomic mass is 9.80. The van der Waals surface area contributed by atoms with Crippen LogP contribution in [0.1, 0.15) is 56.9 Å². The van der Waals surface area contributed by atoms with Crippen LogP contribution in [0, 0.1) is 5.92 Å². The molecule has 3 fully saturated rings. The molecule has 5 heteroatoms. The molecule has 0 aromatic heterocycles. The van der Waals surface area contributed by atoms with Crippen molar-refractivity contribution in [3.63, 3.8) is 0 Å². The van der Waals surface area contributed by atoms with Gasteiger partial charge in [0.2, 0.25) is 0 Å². The molecule has 4 nitrogen and oxygen atoms in total. The van der Waals surface area contributed by atoms with Crippen LogP contribution in [0.2, 0.25) is 0 Å². The predicted octanol–water partition coefficient (Wildman–Crippen LogP) is 3.65. The Morgan fingerprint density at radius 2 is 1.73 bits per heavy atom. The first-order valence-electron chi connectivity index (χ1n) is 9.81. The Balaban J connectivity index is 0.00000196. The number of carbonyl (C=O) groups is 1. The summed E-state index contributed by atoms with van der Waals surface area (Å²) in [4.78, 5) is 15.6. The lowest BCUT2D eigenvalue weighted by Gasteiger charge is -2.39. The molecule has 1 aromatic rings. The zero-order valence-corrected chi connectivity index (χ0v) is 16.3. The number of benzene rings is 1. The number of hydrogen-bond donors (Lipinski definition) is 1. The minimum atomic E-state index is -1.51. The maximum Gasteiger partial charge on any atom is 0.343 e. The van der Waals surface area contributed by atoms with Gasteiger partial charge in [-0.05, 0) is 51.1 Å². The van der Waals surface area contributed by atoms with E-state index in [2.05, 4.69) is 11.9 Å². The smallest absolute Gasteiger partial charge is 0.343 e. The molecule has 2 saturated heterocycles. The lowest BCUT2D eigenvalue weighted by molar-refractivity contribution is -0.184. The predicted molar refractivity (Wildman–Crippen MR) is 103 cm³/mol. The Kier molecular flexibility index (Phi) is 5.95. The number of rotatable bonds is 4. The summed E-state index contributed by atoms with van der Waals surface area (Å²) in [5, 5.41) is 11.5. The van der Waals surface area contributed by atoms with E-state index in [1.54, 1.807) is 0 Å². The van der Waals surface area contributed by atoms with Gasteiger partial charge < -0.3 is 9.84 Å². The first-order valence-corrected chi connectivity index (χ1v) is 9.81. The van der Waals surface area contributed by atoms with E-state index in [1.165, 1.54) is 6.42 Å². The molecule has 2 bridgehead atoms. The molecule has 0 amide bonds. The quantitative estimate of drug-likeness (QED) is 0.811. The molecule has 1 N–H and O–H groups in total. The molecule has 2 heterocycles. The SMILES string of the molecule is CN1[C@H]2CC[C@H](OC(=O)C(O)(c3ccccc3)C3CCCC3)[C@H]1CC2.Cl. The second kappa shape index (κ2) is 7.87.